The minimum absolute atomic E-state index is 0.195. The van der Waals surface area contributed by atoms with Crippen LogP contribution in [0.4, 0.5) is 0 Å². The standard InChI is InChI=1S/C25H29NO3S/c1-16-14-18(25(28)29)15-22-23(16)20(19-10-5-6-12-21(19)30-22)11-7-13-26-24(27)17-8-3-2-4-9-17/h5-6,10,12,14-15,17,21H,2-4,7-9,11,13H2,1H3,(H,26,27)(H,28,29). The first-order valence-corrected chi connectivity index (χ1v) is 11.8. The zero-order valence-corrected chi connectivity index (χ0v) is 18.3. The molecular weight excluding hydrogens is 394 g/mol. The first-order chi connectivity index (χ1) is 14.5. The van der Waals surface area contributed by atoms with Crippen molar-refractivity contribution in [3.05, 3.63) is 58.7 Å². The fourth-order valence-corrected chi connectivity index (χ4v) is 6.18. The Labute approximate surface area is 182 Å². The maximum absolute atomic E-state index is 12.4. The smallest absolute Gasteiger partial charge is 0.335 e. The number of carboxylic acid groups (broad SMARTS) is 1. The molecule has 2 aliphatic carbocycles. The van der Waals surface area contributed by atoms with E-state index >= 15 is 0 Å². The topological polar surface area (TPSA) is 66.4 Å². The number of aryl methyl sites for hydroxylation is 1. The van der Waals surface area contributed by atoms with E-state index in [2.05, 4.69) is 29.6 Å². The van der Waals surface area contributed by atoms with Gasteiger partial charge in [0, 0.05) is 17.4 Å². The first-order valence-electron chi connectivity index (χ1n) is 10.9. The number of fused-ring (bicyclic) bond motifs is 2. The van der Waals surface area contributed by atoms with Crippen molar-refractivity contribution >= 4 is 29.2 Å². The fourth-order valence-electron chi connectivity index (χ4n) is 4.79. The fraction of sp³-hybridized carbons (Fsp3) is 0.440. The molecule has 0 radical (unpaired) electrons. The van der Waals surface area contributed by atoms with E-state index in [1.165, 1.54) is 36.0 Å². The summed E-state index contributed by atoms with van der Waals surface area (Å²) in [5, 5.41) is 12.8. The SMILES string of the molecule is Cc1cc(C(=O)O)cc2c1C(CCCNC(=O)C1CCCCC1)=C1C=CC=CC1S2. The molecule has 158 valence electrons. The number of carboxylic acids is 1. The molecule has 4 nitrogen and oxygen atoms in total. The number of hydrogen-bond donors (Lipinski definition) is 2. The molecule has 2 N–H and O–H groups in total. The van der Waals surface area contributed by atoms with Crippen molar-refractivity contribution in [2.75, 3.05) is 6.54 Å². The molecule has 30 heavy (non-hydrogen) atoms. The van der Waals surface area contributed by atoms with Gasteiger partial charge in [0.1, 0.15) is 0 Å². The van der Waals surface area contributed by atoms with Crippen LogP contribution in [0.15, 0.2) is 46.9 Å². The van der Waals surface area contributed by atoms with Crippen molar-refractivity contribution in [2.24, 2.45) is 5.92 Å². The van der Waals surface area contributed by atoms with Gasteiger partial charge in [0.15, 0.2) is 0 Å². The Kier molecular flexibility index (Phi) is 6.47. The quantitative estimate of drug-likeness (QED) is 0.591. The summed E-state index contributed by atoms with van der Waals surface area (Å²) in [4.78, 5) is 25.0. The Balaban J connectivity index is 1.50. The summed E-state index contributed by atoms with van der Waals surface area (Å²) in [5.41, 5.74) is 5.12. The van der Waals surface area contributed by atoms with Crippen LogP contribution in [0.2, 0.25) is 0 Å². The molecule has 1 aromatic rings. The monoisotopic (exact) mass is 423 g/mol. The van der Waals surface area contributed by atoms with E-state index in [0.29, 0.717) is 12.1 Å². The van der Waals surface area contributed by atoms with Crippen molar-refractivity contribution < 1.29 is 14.7 Å². The van der Waals surface area contributed by atoms with Gasteiger partial charge in [0.2, 0.25) is 5.91 Å². The molecule has 0 aromatic heterocycles. The molecule has 1 atom stereocenters. The molecule has 1 aromatic carbocycles. The van der Waals surface area contributed by atoms with Gasteiger partial charge in [-0.3, -0.25) is 4.79 Å². The minimum Gasteiger partial charge on any atom is -0.478 e. The third kappa shape index (κ3) is 4.41. The van der Waals surface area contributed by atoms with Gasteiger partial charge in [0.25, 0.3) is 0 Å². The predicted molar refractivity (Wildman–Crippen MR) is 122 cm³/mol. The third-order valence-corrected chi connectivity index (χ3v) is 7.55. The Morgan fingerprint density at radius 1 is 1.17 bits per heavy atom. The molecule has 1 unspecified atom stereocenters. The molecule has 0 spiro atoms. The van der Waals surface area contributed by atoms with E-state index in [-0.39, 0.29) is 17.1 Å². The zero-order valence-electron chi connectivity index (χ0n) is 17.4. The van der Waals surface area contributed by atoms with Gasteiger partial charge in [-0.1, -0.05) is 43.6 Å². The minimum atomic E-state index is -0.887. The number of aromatic carboxylic acids is 1. The summed E-state index contributed by atoms with van der Waals surface area (Å²) >= 11 is 1.72. The van der Waals surface area contributed by atoms with Crippen LogP contribution in [-0.4, -0.2) is 28.8 Å². The van der Waals surface area contributed by atoms with Crippen LogP contribution in [-0.2, 0) is 4.79 Å². The summed E-state index contributed by atoms with van der Waals surface area (Å²) in [7, 11) is 0. The van der Waals surface area contributed by atoms with Crippen molar-refractivity contribution in [2.45, 2.75) is 62.0 Å². The Morgan fingerprint density at radius 3 is 2.73 bits per heavy atom. The van der Waals surface area contributed by atoms with Gasteiger partial charge in [0.05, 0.1) is 10.8 Å². The van der Waals surface area contributed by atoms with E-state index in [4.69, 9.17) is 0 Å². The lowest BCUT2D eigenvalue weighted by molar-refractivity contribution is -0.125. The second kappa shape index (κ2) is 9.25. The highest BCUT2D eigenvalue weighted by molar-refractivity contribution is 8.00. The number of hydrogen-bond acceptors (Lipinski definition) is 3. The average Bonchev–Trinajstić information content (AvgIpc) is 2.76. The molecule has 1 heterocycles. The van der Waals surface area contributed by atoms with Crippen molar-refractivity contribution in [1.82, 2.24) is 5.32 Å². The maximum atomic E-state index is 12.4. The normalized spacial score (nSPS) is 20.6. The molecule has 4 rings (SSSR count). The predicted octanol–water partition coefficient (Wildman–Crippen LogP) is 5.52. The first kappa shape index (κ1) is 21.0. The van der Waals surface area contributed by atoms with Crippen LogP contribution < -0.4 is 5.32 Å². The summed E-state index contributed by atoms with van der Waals surface area (Å²) in [6, 6.07) is 3.58. The van der Waals surface area contributed by atoms with Crippen molar-refractivity contribution in [3.8, 4) is 0 Å². The van der Waals surface area contributed by atoms with E-state index in [1.54, 1.807) is 17.8 Å². The maximum Gasteiger partial charge on any atom is 0.335 e. The molecular formula is C25H29NO3S. The van der Waals surface area contributed by atoms with Crippen LogP contribution in [0.1, 0.15) is 66.4 Å². The molecule has 1 saturated carbocycles. The highest BCUT2D eigenvalue weighted by Gasteiger charge is 2.28. The molecule has 3 aliphatic rings. The average molecular weight is 424 g/mol. The number of amides is 1. The van der Waals surface area contributed by atoms with Gasteiger partial charge >= 0.3 is 5.97 Å². The highest BCUT2D eigenvalue weighted by Crippen LogP contribution is 2.47. The highest BCUT2D eigenvalue weighted by atomic mass is 32.2. The summed E-state index contributed by atoms with van der Waals surface area (Å²) < 4.78 is 0. The molecule has 0 saturated heterocycles. The molecule has 1 aliphatic heterocycles. The van der Waals surface area contributed by atoms with Gasteiger partial charge in [-0.25, -0.2) is 4.79 Å². The number of rotatable bonds is 6. The van der Waals surface area contributed by atoms with E-state index < -0.39 is 5.97 Å². The lowest BCUT2D eigenvalue weighted by Gasteiger charge is -2.30. The van der Waals surface area contributed by atoms with Gasteiger partial charge in [-0.05, 0) is 67.0 Å². The molecule has 0 bridgehead atoms. The largest absolute Gasteiger partial charge is 0.478 e. The van der Waals surface area contributed by atoms with Crippen LogP contribution in [0.25, 0.3) is 5.57 Å². The lowest BCUT2D eigenvalue weighted by Crippen LogP contribution is -2.32. The van der Waals surface area contributed by atoms with E-state index in [0.717, 1.165) is 36.1 Å². The zero-order chi connectivity index (χ0) is 21.1. The Hall–Kier alpha value is -2.27. The molecule has 5 heteroatoms. The van der Waals surface area contributed by atoms with Crippen LogP contribution in [0, 0.1) is 12.8 Å². The summed E-state index contributed by atoms with van der Waals surface area (Å²) in [6.45, 7) is 2.69. The number of nitrogens with one attached hydrogen (secondary N) is 1. The van der Waals surface area contributed by atoms with Crippen molar-refractivity contribution in [1.29, 1.82) is 0 Å². The number of benzene rings is 1. The second-order valence-electron chi connectivity index (χ2n) is 8.42. The Bertz CT molecular complexity index is 938. The van der Waals surface area contributed by atoms with E-state index in [1.807, 2.05) is 13.0 Å². The number of carbonyl (C=O) groups excluding carboxylic acids is 1. The van der Waals surface area contributed by atoms with Crippen LogP contribution in [0.5, 0.6) is 0 Å². The van der Waals surface area contributed by atoms with E-state index in [9.17, 15) is 14.7 Å². The van der Waals surface area contributed by atoms with Gasteiger partial charge in [-0.15, -0.1) is 11.8 Å². The van der Waals surface area contributed by atoms with Crippen LogP contribution in [0.3, 0.4) is 0 Å². The van der Waals surface area contributed by atoms with Crippen LogP contribution >= 0.6 is 11.8 Å². The summed E-state index contributed by atoms with van der Waals surface area (Å²) in [6.07, 6.45) is 15.9. The van der Waals surface area contributed by atoms with Crippen molar-refractivity contribution in [3.63, 3.8) is 0 Å². The van der Waals surface area contributed by atoms with Gasteiger partial charge < -0.3 is 10.4 Å². The second-order valence-corrected chi connectivity index (χ2v) is 9.60. The Morgan fingerprint density at radius 2 is 1.97 bits per heavy atom. The number of thioether (sulfide) groups is 1. The molecule has 1 amide bonds. The van der Waals surface area contributed by atoms with Gasteiger partial charge in [-0.2, -0.15) is 0 Å². The third-order valence-electron chi connectivity index (χ3n) is 6.31. The molecule has 1 fully saturated rings. The summed E-state index contributed by atoms with van der Waals surface area (Å²) in [5.74, 6) is -0.477. The number of carbonyl (C=O) groups is 2. The lowest BCUT2D eigenvalue weighted by atomic mass is 9.87. The number of allylic oxidation sites excluding steroid dienone is 4.